The van der Waals surface area contributed by atoms with Crippen molar-refractivity contribution in [1.82, 2.24) is 0 Å². The number of alkyl halides is 2. The fourth-order valence-corrected chi connectivity index (χ4v) is 1.10. The molecular formula is C8H2ClF4NO. The molecule has 0 radical (unpaired) electrons. The van der Waals surface area contributed by atoms with Crippen LogP contribution in [0.4, 0.5) is 17.6 Å². The van der Waals surface area contributed by atoms with Gasteiger partial charge in [0.2, 0.25) is 0 Å². The van der Waals surface area contributed by atoms with Gasteiger partial charge in [0.25, 0.3) is 0 Å². The van der Waals surface area contributed by atoms with Crippen molar-refractivity contribution < 1.29 is 22.3 Å². The normalized spacial score (nSPS) is 10.2. The van der Waals surface area contributed by atoms with Crippen LogP contribution in [0.2, 0.25) is 5.02 Å². The molecule has 0 aliphatic carbocycles. The maximum atomic E-state index is 13.1. The van der Waals surface area contributed by atoms with Crippen LogP contribution < -0.4 is 4.74 Å². The molecule has 2 nitrogen and oxygen atoms in total. The summed E-state index contributed by atoms with van der Waals surface area (Å²) >= 11 is 5.26. The van der Waals surface area contributed by atoms with Crippen molar-refractivity contribution in [2.45, 2.75) is 6.61 Å². The Morgan fingerprint density at radius 2 is 2.00 bits per heavy atom. The summed E-state index contributed by atoms with van der Waals surface area (Å²) in [5, 5.41) is 7.67. The molecule has 0 aromatic heterocycles. The van der Waals surface area contributed by atoms with Crippen LogP contribution in [0.5, 0.6) is 5.75 Å². The maximum Gasteiger partial charge on any atom is 0.387 e. The van der Waals surface area contributed by atoms with Gasteiger partial charge in [0.15, 0.2) is 11.6 Å². The molecule has 0 unspecified atom stereocenters. The van der Waals surface area contributed by atoms with Crippen molar-refractivity contribution in [1.29, 1.82) is 5.26 Å². The standard InChI is InChI=1S/C8H2ClF4NO/c9-4-1-5(10)3(2-14)6(11)7(4)15-8(12)13/h1,8H. The molecule has 0 aliphatic rings. The van der Waals surface area contributed by atoms with Gasteiger partial charge < -0.3 is 4.74 Å². The monoisotopic (exact) mass is 239 g/mol. The van der Waals surface area contributed by atoms with Gasteiger partial charge in [0, 0.05) is 0 Å². The Morgan fingerprint density at radius 1 is 1.40 bits per heavy atom. The first-order chi connectivity index (χ1) is 6.97. The minimum Gasteiger partial charge on any atom is -0.430 e. The van der Waals surface area contributed by atoms with Crippen LogP contribution in [-0.2, 0) is 0 Å². The van der Waals surface area contributed by atoms with E-state index >= 15 is 0 Å². The highest BCUT2D eigenvalue weighted by Crippen LogP contribution is 2.32. The fourth-order valence-electron chi connectivity index (χ4n) is 0.872. The molecule has 1 aromatic rings. The van der Waals surface area contributed by atoms with Gasteiger partial charge in [0.1, 0.15) is 17.4 Å². The van der Waals surface area contributed by atoms with Crippen LogP contribution in [-0.4, -0.2) is 6.61 Å². The number of hydrogen-bond donors (Lipinski definition) is 0. The van der Waals surface area contributed by atoms with E-state index in [4.69, 9.17) is 16.9 Å². The Labute approximate surface area is 86.6 Å². The van der Waals surface area contributed by atoms with Gasteiger partial charge in [-0.3, -0.25) is 0 Å². The average molecular weight is 240 g/mol. The van der Waals surface area contributed by atoms with E-state index in [2.05, 4.69) is 4.74 Å². The molecule has 0 amide bonds. The highest BCUT2D eigenvalue weighted by Gasteiger charge is 2.21. The van der Waals surface area contributed by atoms with E-state index in [0.717, 1.165) is 0 Å². The number of rotatable bonds is 2. The molecule has 80 valence electrons. The van der Waals surface area contributed by atoms with Crippen molar-refractivity contribution in [2.75, 3.05) is 0 Å². The Balaban J connectivity index is 3.34. The van der Waals surface area contributed by atoms with E-state index in [9.17, 15) is 17.6 Å². The van der Waals surface area contributed by atoms with E-state index in [1.807, 2.05) is 0 Å². The third-order valence-corrected chi connectivity index (χ3v) is 1.73. The first-order valence-corrected chi connectivity index (χ1v) is 3.87. The number of hydrogen-bond acceptors (Lipinski definition) is 2. The lowest BCUT2D eigenvalue weighted by molar-refractivity contribution is -0.0522. The average Bonchev–Trinajstić information content (AvgIpc) is 2.12. The zero-order valence-electron chi connectivity index (χ0n) is 6.90. The smallest absolute Gasteiger partial charge is 0.387 e. The van der Waals surface area contributed by atoms with Gasteiger partial charge in [-0.15, -0.1) is 0 Å². The molecule has 0 spiro atoms. The van der Waals surface area contributed by atoms with Gasteiger partial charge >= 0.3 is 6.61 Å². The molecular weight excluding hydrogens is 238 g/mol. The van der Waals surface area contributed by atoms with Crippen molar-refractivity contribution >= 4 is 11.6 Å². The summed E-state index contributed by atoms with van der Waals surface area (Å²) in [6.45, 7) is -3.31. The summed E-state index contributed by atoms with van der Waals surface area (Å²) in [7, 11) is 0. The van der Waals surface area contributed by atoms with Crippen molar-refractivity contribution in [3.8, 4) is 11.8 Å². The molecule has 1 rings (SSSR count). The lowest BCUT2D eigenvalue weighted by atomic mass is 10.2. The lowest BCUT2D eigenvalue weighted by Crippen LogP contribution is -2.06. The van der Waals surface area contributed by atoms with Crippen molar-refractivity contribution in [2.24, 2.45) is 0 Å². The number of nitriles is 1. The predicted molar refractivity (Wildman–Crippen MR) is 42.7 cm³/mol. The number of benzene rings is 1. The highest BCUT2D eigenvalue weighted by molar-refractivity contribution is 6.32. The third-order valence-electron chi connectivity index (χ3n) is 1.45. The highest BCUT2D eigenvalue weighted by atomic mass is 35.5. The van der Waals surface area contributed by atoms with E-state index in [1.54, 1.807) is 0 Å². The summed E-state index contributed by atoms with van der Waals surface area (Å²) in [6, 6.07) is 1.70. The Hall–Kier alpha value is -1.48. The summed E-state index contributed by atoms with van der Waals surface area (Å²) in [5.41, 5.74) is -1.02. The van der Waals surface area contributed by atoms with Crippen LogP contribution in [0.25, 0.3) is 0 Å². The first kappa shape index (κ1) is 11.6. The van der Waals surface area contributed by atoms with Gasteiger partial charge in [0.05, 0.1) is 5.02 Å². The summed E-state index contributed by atoms with van der Waals surface area (Å²) < 4.78 is 53.3. The third kappa shape index (κ3) is 2.30. The number of halogens is 5. The molecule has 15 heavy (non-hydrogen) atoms. The quantitative estimate of drug-likeness (QED) is 0.743. The molecule has 1 aromatic carbocycles. The van der Waals surface area contributed by atoms with Crippen LogP contribution in [0.1, 0.15) is 5.56 Å². The van der Waals surface area contributed by atoms with E-state index in [-0.39, 0.29) is 0 Å². The molecule has 0 heterocycles. The van der Waals surface area contributed by atoms with Crippen molar-refractivity contribution in [3.63, 3.8) is 0 Å². The van der Waals surface area contributed by atoms with Crippen LogP contribution in [0, 0.1) is 23.0 Å². The lowest BCUT2D eigenvalue weighted by Gasteiger charge is -2.08. The second kappa shape index (κ2) is 4.36. The molecule has 0 atom stereocenters. The predicted octanol–water partition coefficient (Wildman–Crippen LogP) is 3.09. The number of ether oxygens (including phenoxy) is 1. The zero-order valence-corrected chi connectivity index (χ0v) is 7.66. The van der Waals surface area contributed by atoms with Crippen molar-refractivity contribution in [3.05, 3.63) is 28.3 Å². The second-order valence-corrected chi connectivity index (χ2v) is 2.76. The van der Waals surface area contributed by atoms with Gasteiger partial charge in [-0.25, -0.2) is 8.78 Å². The Bertz CT molecular complexity index is 430. The van der Waals surface area contributed by atoms with Crippen LogP contribution in [0.15, 0.2) is 6.07 Å². The summed E-state index contributed by atoms with van der Waals surface area (Å²) in [5.74, 6) is -3.81. The largest absolute Gasteiger partial charge is 0.430 e. The minimum absolute atomic E-state index is 0.529. The molecule has 0 bridgehead atoms. The topological polar surface area (TPSA) is 33.0 Å². The molecule has 0 saturated carbocycles. The summed E-state index contributed by atoms with van der Waals surface area (Å²) in [6.07, 6.45) is 0. The zero-order chi connectivity index (χ0) is 11.6. The summed E-state index contributed by atoms with van der Waals surface area (Å²) in [4.78, 5) is 0. The van der Waals surface area contributed by atoms with Gasteiger partial charge in [-0.1, -0.05) is 11.6 Å². The molecule has 0 N–H and O–H groups in total. The van der Waals surface area contributed by atoms with Gasteiger partial charge in [-0.2, -0.15) is 14.0 Å². The second-order valence-electron chi connectivity index (χ2n) is 2.35. The minimum atomic E-state index is -3.31. The van der Waals surface area contributed by atoms with E-state index in [0.29, 0.717) is 6.07 Å². The molecule has 0 aliphatic heterocycles. The van der Waals surface area contributed by atoms with E-state index in [1.165, 1.54) is 6.07 Å². The molecule has 0 fully saturated rings. The van der Waals surface area contributed by atoms with Crippen LogP contribution >= 0.6 is 11.6 Å². The Kier molecular flexibility index (Phi) is 3.37. The number of nitrogens with zero attached hydrogens (tertiary/aromatic N) is 1. The SMILES string of the molecule is N#Cc1c(F)cc(Cl)c(OC(F)F)c1F. The van der Waals surface area contributed by atoms with Gasteiger partial charge in [-0.05, 0) is 6.07 Å². The molecule has 7 heteroatoms. The van der Waals surface area contributed by atoms with E-state index < -0.39 is 34.6 Å². The van der Waals surface area contributed by atoms with Crippen LogP contribution in [0.3, 0.4) is 0 Å². The maximum absolute atomic E-state index is 13.1. The first-order valence-electron chi connectivity index (χ1n) is 3.49. The molecule has 0 saturated heterocycles. The fraction of sp³-hybridized carbons (Fsp3) is 0.125. The Morgan fingerprint density at radius 3 is 2.47 bits per heavy atom.